The van der Waals surface area contributed by atoms with E-state index in [9.17, 15) is 4.79 Å². The van der Waals surface area contributed by atoms with E-state index in [0.29, 0.717) is 6.04 Å². The zero-order valence-corrected chi connectivity index (χ0v) is 15.2. The first-order valence-corrected chi connectivity index (χ1v) is 10.4. The van der Waals surface area contributed by atoms with Crippen LogP contribution in [0.15, 0.2) is 22.3 Å². The first-order valence-electron chi connectivity index (χ1n) is 9.56. The molecular formula is C19H24N4OS. The summed E-state index contributed by atoms with van der Waals surface area (Å²) in [7, 11) is 0. The molecule has 0 aromatic carbocycles. The molecule has 4 aliphatic rings. The summed E-state index contributed by atoms with van der Waals surface area (Å²) < 4.78 is 0. The number of pyridine rings is 1. The van der Waals surface area contributed by atoms with Gasteiger partial charge in [0.25, 0.3) is 0 Å². The average molecular weight is 356 g/mol. The molecule has 2 unspecified atom stereocenters. The fourth-order valence-electron chi connectivity index (χ4n) is 4.22. The number of aliphatic imine (C=N–C) groups is 1. The Hall–Kier alpha value is -1.56. The predicted molar refractivity (Wildman–Crippen MR) is 100 cm³/mol. The fourth-order valence-corrected chi connectivity index (χ4v) is 5.50. The Morgan fingerprint density at radius 1 is 1.20 bits per heavy atom. The van der Waals surface area contributed by atoms with E-state index < -0.39 is 0 Å². The molecule has 2 atom stereocenters. The second kappa shape index (κ2) is 6.31. The van der Waals surface area contributed by atoms with Crippen LogP contribution in [-0.4, -0.2) is 40.0 Å². The summed E-state index contributed by atoms with van der Waals surface area (Å²) in [5, 5.41) is 4.42. The number of fused-ring (bicyclic) bond motifs is 3. The van der Waals surface area contributed by atoms with Crippen LogP contribution in [0.1, 0.15) is 56.6 Å². The maximum Gasteiger partial charge on any atom is 0.244 e. The summed E-state index contributed by atoms with van der Waals surface area (Å²) in [5.74, 6) is 1.04. The minimum atomic E-state index is -0.140. The van der Waals surface area contributed by atoms with Crippen molar-refractivity contribution in [2.75, 3.05) is 11.9 Å². The molecule has 1 amide bonds. The lowest BCUT2D eigenvalue weighted by Crippen LogP contribution is -2.48. The lowest BCUT2D eigenvalue weighted by atomic mass is 9.93. The van der Waals surface area contributed by atoms with Gasteiger partial charge in [-0.2, -0.15) is 0 Å². The molecule has 5 nitrogen and oxygen atoms in total. The van der Waals surface area contributed by atoms with Crippen LogP contribution in [0.2, 0.25) is 0 Å². The van der Waals surface area contributed by atoms with Crippen molar-refractivity contribution < 1.29 is 4.79 Å². The van der Waals surface area contributed by atoms with E-state index >= 15 is 0 Å². The van der Waals surface area contributed by atoms with Gasteiger partial charge in [0.15, 0.2) is 0 Å². The van der Waals surface area contributed by atoms with Crippen molar-refractivity contribution in [3.05, 3.63) is 17.8 Å². The Balaban J connectivity index is 1.40. The van der Waals surface area contributed by atoms with Crippen LogP contribution in [0.4, 0.5) is 5.69 Å². The number of nitrogens with zero attached hydrogens (tertiary/aromatic N) is 3. The Morgan fingerprint density at radius 3 is 2.84 bits per heavy atom. The van der Waals surface area contributed by atoms with Crippen molar-refractivity contribution in [3.63, 3.8) is 0 Å². The molecule has 1 aromatic rings. The number of rotatable bonds is 4. The Bertz CT molecular complexity index is 711. The maximum atomic E-state index is 13.1. The van der Waals surface area contributed by atoms with Gasteiger partial charge in [-0.3, -0.25) is 14.7 Å². The number of anilines is 1. The van der Waals surface area contributed by atoms with E-state index in [2.05, 4.69) is 10.3 Å². The van der Waals surface area contributed by atoms with Crippen molar-refractivity contribution in [2.24, 2.45) is 10.9 Å². The highest BCUT2D eigenvalue weighted by atomic mass is 32.2. The summed E-state index contributed by atoms with van der Waals surface area (Å²) in [6.45, 7) is 1.02. The summed E-state index contributed by atoms with van der Waals surface area (Å²) in [5.41, 5.74) is 2.25. The quantitative estimate of drug-likeness (QED) is 0.895. The second-order valence-corrected chi connectivity index (χ2v) is 8.82. The van der Waals surface area contributed by atoms with E-state index in [4.69, 9.17) is 4.99 Å². The first kappa shape index (κ1) is 15.7. The maximum absolute atomic E-state index is 13.1. The smallest absolute Gasteiger partial charge is 0.244 e. The van der Waals surface area contributed by atoms with Crippen molar-refractivity contribution in [3.8, 4) is 0 Å². The number of aromatic nitrogens is 1. The van der Waals surface area contributed by atoms with Gasteiger partial charge in [0.05, 0.1) is 6.34 Å². The predicted octanol–water partition coefficient (Wildman–Crippen LogP) is 3.62. The van der Waals surface area contributed by atoms with Crippen molar-refractivity contribution in [1.29, 1.82) is 0 Å². The number of carbonyl (C=O) groups excluding carboxylic acids is 1. The molecule has 6 heteroatoms. The van der Waals surface area contributed by atoms with Crippen molar-refractivity contribution in [1.82, 2.24) is 9.88 Å². The van der Waals surface area contributed by atoms with Crippen LogP contribution in [0.3, 0.4) is 0 Å². The normalized spacial score (nSPS) is 28.8. The molecule has 0 bridgehead atoms. The number of thioether (sulfide) groups is 1. The van der Waals surface area contributed by atoms with Gasteiger partial charge in [-0.15, -0.1) is 0 Å². The molecule has 3 heterocycles. The molecule has 25 heavy (non-hydrogen) atoms. The van der Waals surface area contributed by atoms with Gasteiger partial charge in [0.1, 0.15) is 16.3 Å². The van der Waals surface area contributed by atoms with Gasteiger partial charge < -0.3 is 5.32 Å². The number of nitrogens with one attached hydrogen (secondary N) is 1. The Labute approximate surface area is 152 Å². The Kier molecular flexibility index (Phi) is 3.95. The number of hydrogen-bond donors (Lipinski definition) is 1. The van der Waals surface area contributed by atoms with E-state index in [1.165, 1.54) is 32.1 Å². The van der Waals surface area contributed by atoms with Crippen LogP contribution in [0, 0.1) is 5.92 Å². The highest BCUT2D eigenvalue weighted by Gasteiger charge is 2.46. The molecule has 2 saturated carbocycles. The molecule has 0 spiro atoms. The largest absolute Gasteiger partial charge is 0.384 e. The topological polar surface area (TPSA) is 57.6 Å². The van der Waals surface area contributed by atoms with Gasteiger partial charge in [0, 0.05) is 30.0 Å². The summed E-state index contributed by atoms with van der Waals surface area (Å²) >= 11 is 1.60. The highest BCUT2D eigenvalue weighted by Crippen LogP contribution is 2.50. The molecule has 0 radical (unpaired) electrons. The molecule has 2 fully saturated rings. The van der Waals surface area contributed by atoms with Crippen molar-refractivity contribution >= 4 is 29.7 Å². The average Bonchev–Trinajstić information content (AvgIpc) is 3.40. The minimum Gasteiger partial charge on any atom is -0.384 e. The van der Waals surface area contributed by atoms with Gasteiger partial charge in [-0.05, 0) is 37.7 Å². The molecular weight excluding hydrogens is 332 g/mol. The lowest BCUT2D eigenvalue weighted by Gasteiger charge is -2.36. The van der Waals surface area contributed by atoms with Crippen LogP contribution in [0.5, 0.6) is 0 Å². The van der Waals surface area contributed by atoms with E-state index in [-0.39, 0.29) is 17.2 Å². The zero-order chi connectivity index (χ0) is 16.8. The van der Waals surface area contributed by atoms with Gasteiger partial charge in [-0.25, -0.2) is 4.98 Å². The molecule has 2 aliphatic carbocycles. The van der Waals surface area contributed by atoms with E-state index in [1.54, 1.807) is 11.8 Å². The highest BCUT2D eigenvalue weighted by molar-refractivity contribution is 8.01. The fraction of sp³-hybridized carbons (Fsp3) is 0.632. The number of amides is 1. The van der Waals surface area contributed by atoms with Crippen LogP contribution >= 0.6 is 11.8 Å². The number of hydrogen-bond acceptors (Lipinski definition) is 5. The molecule has 1 aromatic heterocycles. The molecule has 2 aliphatic heterocycles. The molecule has 132 valence electrons. The van der Waals surface area contributed by atoms with Crippen molar-refractivity contribution in [2.45, 2.75) is 67.3 Å². The number of carbonyl (C=O) groups is 1. The van der Waals surface area contributed by atoms with Gasteiger partial charge in [-0.1, -0.05) is 31.0 Å². The Morgan fingerprint density at radius 2 is 2.04 bits per heavy atom. The second-order valence-electron chi connectivity index (χ2n) is 7.69. The minimum absolute atomic E-state index is 0.0808. The first-order chi connectivity index (χ1) is 12.3. The van der Waals surface area contributed by atoms with E-state index in [0.717, 1.165) is 41.6 Å². The van der Waals surface area contributed by atoms with E-state index in [1.807, 2.05) is 23.5 Å². The third-order valence-electron chi connectivity index (χ3n) is 5.87. The third-order valence-corrected chi connectivity index (χ3v) is 7.13. The van der Waals surface area contributed by atoms with Crippen LogP contribution in [0.25, 0.3) is 0 Å². The summed E-state index contributed by atoms with van der Waals surface area (Å²) in [4.78, 5) is 24.4. The third kappa shape index (κ3) is 2.84. The molecule has 5 rings (SSSR count). The van der Waals surface area contributed by atoms with Gasteiger partial charge in [0.2, 0.25) is 5.91 Å². The van der Waals surface area contributed by atoms with Crippen LogP contribution in [-0.2, 0) is 4.79 Å². The zero-order valence-electron chi connectivity index (χ0n) is 14.4. The molecule has 0 saturated heterocycles. The SMILES string of the molecule is O=C1C2Sc3nccc(NCC4CC4)c3C2N=CN1C1CCCCC1. The lowest BCUT2D eigenvalue weighted by molar-refractivity contribution is -0.129. The van der Waals surface area contributed by atoms with Gasteiger partial charge >= 0.3 is 0 Å². The molecule has 1 N–H and O–H groups in total. The standard InChI is InChI=1S/C19H24N4OS/c24-19-17-16(22-11-23(19)13-4-2-1-3-5-13)15-14(21-10-12-6-7-12)8-9-20-18(15)25-17/h8-9,11-13,16-17H,1-7,10H2,(H,20,21). The summed E-state index contributed by atoms with van der Waals surface area (Å²) in [6.07, 6.45) is 12.3. The monoisotopic (exact) mass is 356 g/mol. The van der Waals surface area contributed by atoms with Crippen LogP contribution < -0.4 is 5.32 Å². The summed E-state index contributed by atoms with van der Waals surface area (Å²) in [6, 6.07) is 2.30.